The Hall–Kier alpha value is -4.72. The zero-order valence-electron chi connectivity index (χ0n) is 19.8. The molecule has 182 valence electrons. The molecule has 36 heavy (non-hydrogen) atoms. The number of hydrogen-bond donors (Lipinski definition) is 0. The number of carbonyl (C=O) groups is 4. The predicted molar refractivity (Wildman–Crippen MR) is 134 cm³/mol. The fourth-order valence-electron chi connectivity index (χ4n) is 3.25. The lowest BCUT2D eigenvalue weighted by atomic mass is 10.0. The Kier molecular flexibility index (Phi) is 9.11. The molecule has 0 unspecified atom stereocenters. The molecule has 0 radical (unpaired) electrons. The van der Waals surface area contributed by atoms with Gasteiger partial charge in [0.05, 0.1) is 14.2 Å². The second-order valence-electron chi connectivity index (χ2n) is 7.61. The summed E-state index contributed by atoms with van der Waals surface area (Å²) < 4.78 is 9.58. The molecule has 0 saturated carbocycles. The molecule has 3 aromatic rings. The molecular formula is C28H24N2O6. The summed E-state index contributed by atoms with van der Waals surface area (Å²) >= 11 is 0. The van der Waals surface area contributed by atoms with Gasteiger partial charge in [-0.05, 0) is 35.4 Å². The highest BCUT2D eigenvalue weighted by molar-refractivity contribution is 6.39. The van der Waals surface area contributed by atoms with Crippen molar-refractivity contribution in [3.05, 3.63) is 107 Å². The fraction of sp³-hybridized carbons (Fsp3) is 0.143. The van der Waals surface area contributed by atoms with E-state index >= 15 is 0 Å². The van der Waals surface area contributed by atoms with Crippen molar-refractivity contribution in [2.24, 2.45) is 9.98 Å². The summed E-state index contributed by atoms with van der Waals surface area (Å²) in [5.74, 6) is -2.50. The number of benzene rings is 3. The third-order valence-electron chi connectivity index (χ3n) is 5.12. The van der Waals surface area contributed by atoms with Gasteiger partial charge in [0, 0.05) is 24.0 Å². The van der Waals surface area contributed by atoms with E-state index in [9.17, 15) is 19.2 Å². The van der Waals surface area contributed by atoms with Crippen LogP contribution in [0.4, 0.5) is 0 Å². The minimum absolute atomic E-state index is 0.0376. The van der Waals surface area contributed by atoms with Crippen LogP contribution in [0.5, 0.6) is 0 Å². The van der Waals surface area contributed by atoms with Crippen LogP contribution in [0.15, 0.2) is 94.9 Å². The minimum Gasteiger partial charge on any atom is -0.465 e. The molecule has 2 amide bonds. The highest BCUT2D eigenvalue weighted by Gasteiger charge is 2.18. The van der Waals surface area contributed by atoms with Crippen LogP contribution < -0.4 is 0 Å². The van der Waals surface area contributed by atoms with Crippen LogP contribution in [0.3, 0.4) is 0 Å². The molecule has 0 fully saturated rings. The molecule has 0 aliphatic rings. The molecule has 0 aromatic heterocycles. The average molecular weight is 485 g/mol. The molecule has 0 bridgehead atoms. The summed E-state index contributed by atoms with van der Waals surface area (Å²) in [5.41, 5.74) is 2.03. The third-order valence-corrected chi connectivity index (χ3v) is 5.12. The Labute approximate surface area is 208 Å². The molecule has 3 rings (SSSR count). The fourth-order valence-corrected chi connectivity index (χ4v) is 3.25. The van der Waals surface area contributed by atoms with E-state index in [1.165, 1.54) is 14.2 Å². The molecule has 0 spiro atoms. The van der Waals surface area contributed by atoms with Gasteiger partial charge in [0.2, 0.25) is 0 Å². The van der Waals surface area contributed by atoms with Gasteiger partial charge in [-0.15, -0.1) is 0 Å². The van der Waals surface area contributed by atoms with E-state index in [1.54, 1.807) is 84.9 Å². The van der Waals surface area contributed by atoms with Gasteiger partial charge < -0.3 is 9.47 Å². The molecule has 0 saturated heterocycles. The van der Waals surface area contributed by atoms with Crippen molar-refractivity contribution in [2.75, 3.05) is 14.2 Å². The topological polar surface area (TPSA) is 111 Å². The second kappa shape index (κ2) is 12.7. The van der Waals surface area contributed by atoms with Crippen LogP contribution in [0, 0.1) is 0 Å². The molecule has 3 aromatic carbocycles. The third kappa shape index (κ3) is 7.14. The largest absolute Gasteiger partial charge is 0.465 e. The number of nitrogens with zero attached hydrogens (tertiary/aromatic N) is 2. The number of ether oxygens (including phenoxy) is 2. The maximum Gasteiger partial charge on any atom is 0.352 e. The summed E-state index contributed by atoms with van der Waals surface area (Å²) in [6.07, 6.45) is 0.131. The van der Waals surface area contributed by atoms with E-state index in [1.807, 2.05) is 0 Å². The standard InChI is InChI=1S/C28H24N2O6/c1-35-27(33)23(29-25(31)21-9-5-3-6-10-21)17-19-13-15-20(16-14-19)18-24(28(34)36-2)30-26(32)22-11-7-4-8-12-22/h3-16H,17-18H2,1-2H3. The van der Waals surface area contributed by atoms with Crippen LogP contribution in [-0.2, 0) is 31.9 Å². The summed E-state index contributed by atoms with van der Waals surface area (Å²) in [6, 6.07) is 23.7. The van der Waals surface area contributed by atoms with Gasteiger partial charge in [-0.1, -0.05) is 60.7 Å². The van der Waals surface area contributed by atoms with Crippen LogP contribution in [-0.4, -0.2) is 49.4 Å². The first-order valence-corrected chi connectivity index (χ1v) is 11.0. The lowest BCUT2D eigenvalue weighted by Gasteiger charge is -2.08. The first-order valence-electron chi connectivity index (χ1n) is 11.0. The maximum atomic E-state index is 12.4. The number of methoxy groups -OCH3 is 2. The van der Waals surface area contributed by atoms with Gasteiger partial charge in [0.1, 0.15) is 11.4 Å². The SMILES string of the molecule is COC(=O)C(Cc1ccc(CC(=NC(=O)c2ccccc2)C(=O)OC)cc1)=NC(=O)c1ccccc1. The van der Waals surface area contributed by atoms with E-state index in [0.29, 0.717) is 22.3 Å². The molecule has 0 N–H and O–H groups in total. The smallest absolute Gasteiger partial charge is 0.352 e. The number of hydrogen-bond acceptors (Lipinski definition) is 6. The summed E-state index contributed by atoms with van der Waals surface area (Å²) in [6.45, 7) is 0. The van der Waals surface area contributed by atoms with Crippen molar-refractivity contribution in [3.63, 3.8) is 0 Å². The first kappa shape index (κ1) is 25.9. The molecule has 0 aliphatic carbocycles. The molecule has 0 heterocycles. The number of aliphatic imine (C=N–C) groups is 2. The van der Waals surface area contributed by atoms with Crippen molar-refractivity contribution in [1.82, 2.24) is 0 Å². The molecule has 8 nitrogen and oxygen atoms in total. The highest BCUT2D eigenvalue weighted by Crippen LogP contribution is 2.11. The number of esters is 2. The van der Waals surface area contributed by atoms with E-state index in [2.05, 4.69) is 9.98 Å². The quantitative estimate of drug-likeness (QED) is 0.356. The predicted octanol–water partition coefficient (Wildman–Crippen LogP) is 3.68. The zero-order chi connectivity index (χ0) is 25.9. The second-order valence-corrected chi connectivity index (χ2v) is 7.61. The lowest BCUT2D eigenvalue weighted by Crippen LogP contribution is -2.21. The van der Waals surface area contributed by atoms with Crippen molar-refractivity contribution in [2.45, 2.75) is 12.8 Å². The number of rotatable bonds is 8. The molecule has 0 atom stereocenters. The Balaban J connectivity index is 1.78. The van der Waals surface area contributed by atoms with Crippen LogP contribution in [0.1, 0.15) is 31.8 Å². The van der Waals surface area contributed by atoms with Gasteiger partial charge in [-0.3, -0.25) is 9.59 Å². The van der Waals surface area contributed by atoms with Gasteiger partial charge in [0.25, 0.3) is 11.8 Å². The normalized spacial score (nSPS) is 11.5. The van der Waals surface area contributed by atoms with Crippen molar-refractivity contribution >= 4 is 35.2 Å². The first-order chi connectivity index (χ1) is 17.4. The van der Waals surface area contributed by atoms with Crippen molar-refractivity contribution in [1.29, 1.82) is 0 Å². The maximum absolute atomic E-state index is 12.4. The number of amides is 2. The van der Waals surface area contributed by atoms with Gasteiger partial charge in [-0.2, -0.15) is 0 Å². The molecular weight excluding hydrogens is 460 g/mol. The van der Waals surface area contributed by atoms with Crippen LogP contribution in [0.25, 0.3) is 0 Å². The van der Waals surface area contributed by atoms with Gasteiger partial charge >= 0.3 is 11.9 Å². The highest BCUT2D eigenvalue weighted by atomic mass is 16.5. The van der Waals surface area contributed by atoms with Gasteiger partial charge in [-0.25, -0.2) is 19.6 Å². The van der Waals surface area contributed by atoms with Gasteiger partial charge in [0.15, 0.2) is 0 Å². The van der Waals surface area contributed by atoms with E-state index in [-0.39, 0.29) is 24.3 Å². The monoisotopic (exact) mass is 484 g/mol. The molecule has 8 heteroatoms. The zero-order valence-corrected chi connectivity index (χ0v) is 19.8. The van der Waals surface area contributed by atoms with E-state index in [4.69, 9.17) is 9.47 Å². The summed E-state index contributed by atoms with van der Waals surface area (Å²) in [5, 5.41) is 0. The Morgan fingerprint density at radius 3 is 1.19 bits per heavy atom. The van der Waals surface area contributed by atoms with Crippen molar-refractivity contribution in [3.8, 4) is 0 Å². The van der Waals surface area contributed by atoms with E-state index in [0.717, 1.165) is 0 Å². The van der Waals surface area contributed by atoms with Crippen molar-refractivity contribution < 1.29 is 28.7 Å². The summed E-state index contributed by atoms with van der Waals surface area (Å²) in [7, 11) is 2.44. The lowest BCUT2D eigenvalue weighted by molar-refractivity contribution is -0.133. The average Bonchev–Trinajstić information content (AvgIpc) is 2.93. The summed E-state index contributed by atoms with van der Waals surface area (Å²) in [4.78, 5) is 57.3. The Bertz CT molecular complexity index is 1190. The van der Waals surface area contributed by atoms with Crippen LogP contribution in [0.2, 0.25) is 0 Å². The van der Waals surface area contributed by atoms with Crippen LogP contribution >= 0.6 is 0 Å². The molecule has 0 aliphatic heterocycles. The minimum atomic E-state index is -0.706. The number of carbonyl (C=O) groups excluding carboxylic acids is 4. The Morgan fingerprint density at radius 2 is 0.889 bits per heavy atom. The van der Waals surface area contributed by atoms with E-state index < -0.39 is 23.8 Å². The Morgan fingerprint density at radius 1 is 0.556 bits per heavy atom.